The lowest BCUT2D eigenvalue weighted by atomic mass is 10.1. The van der Waals surface area contributed by atoms with E-state index in [1.165, 1.54) is 6.07 Å². The van der Waals surface area contributed by atoms with Gasteiger partial charge in [-0.15, -0.1) is 16.8 Å². The SMILES string of the molecule is C=CCn1c(SCC(=O)Nc2ccc(F)cc2F)nnc1C(C)Oc1cccc(C)c1C. The fourth-order valence-corrected chi connectivity index (χ4v) is 3.77. The molecule has 0 aliphatic heterocycles. The van der Waals surface area contributed by atoms with Crippen LogP contribution in [0.5, 0.6) is 5.75 Å². The van der Waals surface area contributed by atoms with Gasteiger partial charge in [-0.1, -0.05) is 30.0 Å². The van der Waals surface area contributed by atoms with Gasteiger partial charge < -0.3 is 10.1 Å². The number of hydrogen-bond acceptors (Lipinski definition) is 5. The highest BCUT2D eigenvalue weighted by molar-refractivity contribution is 7.99. The highest BCUT2D eigenvalue weighted by Gasteiger charge is 2.20. The summed E-state index contributed by atoms with van der Waals surface area (Å²) in [5.74, 6) is -0.665. The van der Waals surface area contributed by atoms with Crippen LogP contribution in [0, 0.1) is 25.5 Å². The van der Waals surface area contributed by atoms with Crippen molar-refractivity contribution in [1.82, 2.24) is 14.8 Å². The third kappa shape index (κ3) is 5.53. The van der Waals surface area contributed by atoms with Gasteiger partial charge in [-0.25, -0.2) is 8.78 Å². The van der Waals surface area contributed by atoms with Crippen LogP contribution >= 0.6 is 11.8 Å². The zero-order valence-corrected chi connectivity index (χ0v) is 18.9. The Bertz CT molecular complexity index is 1130. The van der Waals surface area contributed by atoms with Crippen LogP contribution in [-0.2, 0) is 11.3 Å². The molecule has 1 aromatic heterocycles. The molecule has 3 rings (SSSR count). The number of anilines is 1. The van der Waals surface area contributed by atoms with Gasteiger partial charge in [-0.05, 0) is 50.1 Å². The fraction of sp³-hybridized carbons (Fsp3) is 0.261. The normalized spacial score (nSPS) is 11.8. The van der Waals surface area contributed by atoms with Crippen molar-refractivity contribution in [3.05, 3.63) is 77.6 Å². The molecule has 3 aromatic rings. The zero-order chi connectivity index (χ0) is 23.3. The molecule has 1 atom stereocenters. The summed E-state index contributed by atoms with van der Waals surface area (Å²) in [5.41, 5.74) is 2.09. The molecule has 1 N–H and O–H groups in total. The Morgan fingerprint density at radius 2 is 2.06 bits per heavy atom. The molecule has 0 radical (unpaired) electrons. The van der Waals surface area contributed by atoms with Gasteiger partial charge in [-0.3, -0.25) is 9.36 Å². The first kappa shape index (κ1) is 23.5. The van der Waals surface area contributed by atoms with E-state index >= 15 is 0 Å². The number of aromatic nitrogens is 3. The van der Waals surface area contributed by atoms with Crippen LogP contribution in [0.25, 0.3) is 0 Å². The summed E-state index contributed by atoms with van der Waals surface area (Å²) in [4.78, 5) is 12.2. The van der Waals surface area contributed by atoms with Crippen molar-refractivity contribution in [2.24, 2.45) is 0 Å². The van der Waals surface area contributed by atoms with Crippen molar-refractivity contribution in [3.8, 4) is 5.75 Å². The second-order valence-corrected chi connectivity index (χ2v) is 8.10. The van der Waals surface area contributed by atoms with Crippen molar-refractivity contribution in [2.75, 3.05) is 11.1 Å². The Hall–Kier alpha value is -3.20. The largest absolute Gasteiger partial charge is 0.482 e. The maximum atomic E-state index is 13.7. The van der Waals surface area contributed by atoms with E-state index in [0.717, 1.165) is 34.7 Å². The summed E-state index contributed by atoms with van der Waals surface area (Å²) >= 11 is 1.15. The van der Waals surface area contributed by atoms with Crippen LogP contribution in [0.3, 0.4) is 0 Å². The number of ether oxygens (including phenoxy) is 1. The van der Waals surface area contributed by atoms with Gasteiger partial charge in [0.05, 0.1) is 11.4 Å². The smallest absolute Gasteiger partial charge is 0.234 e. The molecular weight excluding hydrogens is 434 g/mol. The van der Waals surface area contributed by atoms with Crippen LogP contribution in [0.15, 0.2) is 54.2 Å². The fourth-order valence-electron chi connectivity index (χ4n) is 3.01. The minimum absolute atomic E-state index is 0.0294. The lowest BCUT2D eigenvalue weighted by Gasteiger charge is -2.18. The van der Waals surface area contributed by atoms with E-state index in [2.05, 4.69) is 22.1 Å². The predicted molar refractivity (Wildman–Crippen MR) is 121 cm³/mol. The molecule has 0 saturated heterocycles. The predicted octanol–water partition coefficient (Wildman–Crippen LogP) is 5.23. The lowest BCUT2D eigenvalue weighted by Crippen LogP contribution is -2.16. The molecule has 1 amide bonds. The van der Waals surface area contributed by atoms with Crippen molar-refractivity contribution in [1.29, 1.82) is 0 Å². The second kappa shape index (κ2) is 10.4. The Kier molecular flexibility index (Phi) is 7.63. The maximum Gasteiger partial charge on any atom is 0.234 e. The molecule has 0 fully saturated rings. The Morgan fingerprint density at radius 1 is 1.28 bits per heavy atom. The van der Waals surface area contributed by atoms with E-state index in [1.54, 1.807) is 6.08 Å². The van der Waals surface area contributed by atoms with Gasteiger partial charge in [0, 0.05) is 12.6 Å². The van der Waals surface area contributed by atoms with Crippen LogP contribution in [0.2, 0.25) is 0 Å². The van der Waals surface area contributed by atoms with Gasteiger partial charge >= 0.3 is 0 Å². The van der Waals surface area contributed by atoms with E-state index in [0.29, 0.717) is 23.6 Å². The first-order valence-electron chi connectivity index (χ1n) is 9.94. The molecule has 0 aliphatic carbocycles. The number of nitrogens with zero attached hydrogens (tertiary/aromatic N) is 3. The topological polar surface area (TPSA) is 69.0 Å². The number of thioether (sulfide) groups is 1. The number of allylic oxidation sites excluding steroid dienone is 1. The molecule has 1 unspecified atom stereocenters. The summed E-state index contributed by atoms with van der Waals surface area (Å²) in [6.07, 6.45) is 1.31. The van der Waals surface area contributed by atoms with Crippen LogP contribution in [0.4, 0.5) is 14.5 Å². The summed E-state index contributed by atoms with van der Waals surface area (Å²) < 4.78 is 34.7. The number of hydrogen-bond donors (Lipinski definition) is 1. The number of benzene rings is 2. The highest BCUT2D eigenvalue weighted by atomic mass is 32.2. The summed E-state index contributed by atoms with van der Waals surface area (Å²) in [7, 11) is 0. The average molecular weight is 459 g/mol. The molecule has 0 saturated carbocycles. The highest BCUT2D eigenvalue weighted by Crippen LogP contribution is 2.28. The molecule has 2 aromatic carbocycles. The van der Waals surface area contributed by atoms with Crippen molar-refractivity contribution in [3.63, 3.8) is 0 Å². The van der Waals surface area contributed by atoms with Gasteiger partial charge in [-0.2, -0.15) is 0 Å². The molecular formula is C23H24F2N4O2S. The van der Waals surface area contributed by atoms with E-state index in [-0.39, 0.29) is 17.5 Å². The number of nitrogens with one attached hydrogen (secondary N) is 1. The Balaban J connectivity index is 1.70. The summed E-state index contributed by atoms with van der Waals surface area (Å²) in [5, 5.41) is 11.4. The first-order chi connectivity index (χ1) is 15.3. The minimum atomic E-state index is -0.835. The van der Waals surface area contributed by atoms with Gasteiger partial charge in [0.1, 0.15) is 17.4 Å². The Labute approximate surface area is 189 Å². The minimum Gasteiger partial charge on any atom is -0.482 e. The standard InChI is InChI=1S/C23H24F2N4O2S/c1-5-11-29-22(16(4)31-20-8-6-7-14(2)15(20)3)27-28-23(29)32-13-21(30)26-19-10-9-17(24)12-18(19)25/h5-10,12,16H,1,11,13H2,2-4H3,(H,26,30). The number of carbonyl (C=O) groups is 1. The zero-order valence-electron chi connectivity index (χ0n) is 18.1. The number of carbonyl (C=O) groups excluding carboxylic acids is 1. The molecule has 0 aliphatic rings. The molecule has 6 nitrogen and oxygen atoms in total. The third-order valence-corrected chi connectivity index (χ3v) is 5.78. The quantitative estimate of drug-likeness (QED) is 0.351. The van der Waals surface area contributed by atoms with Crippen molar-refractivity contribution < 1.29 is 18.3 Å². The third-order valence-electron chi connectivity index (χ3n) is 4.82. The first-order valence-corrected chi connectivity index (χ1v) is 10.9. The van der Waals surface area contributed by atoms with Crippen LogP contribution < -0.4 is 10.1 Å². The Morgan fingerprint density at radius 3 is 2.78 bits per heavy atom. The van der Waals surface area contributed by atoms with E-state index in [9.17, 15) is 13.6 Å². The van der Waals surface area contributed by atoms with Gasteiger partial charge in [0.25, 0.3) is 0 Å². The van der Waals surface area contributed by atoms with E-state index in [1.807, 2.05) is 43.5 Å². The number of aryl methyl sites for hydroxylation is 1. The molecule has 0 spiro atoms. The van der Waals surface area contributed by atoms with E-state index < -0.39 is 17.5 Å². The number of halogens is 2. The molecule has 9 heteroatoms. The van der Waals surface area contributed by atoms with Crippen molar-refractivity contribution in [2.45, 2.75) is 38.6 Å². The second-order valence-electron chi connectivity index (χ2n) is 7.16. The molecule has 1 heterocycles. The molecule has 32 heavy (non-hydrogen) atoms. The maximum absolute atomic E-state index is 13.7. The molecule has 0 bridgehead atoms. The lowest BCUT2D eigenvalue weighted by molar-refractivity contribution is -0.113. The number of rotatable bonds is 9. The van der Waals surface area contributed by atoms with Crippen LogP contribution in [0.1, 0.15) is 30.0 Å². The van der Waals surface area contributed by atoms with Crippen molar-refractivity contribution >= 4 is 23.4 Å². The van der Waals surface area contributed by atoms with Gasteiger partial charge in [0.2, 0.25) is 5.91 Å². The monoisotopic (exact) mass is 458 g/mol. The van der Waals surface area contributed by atoms with Crippen LogP contribution in [-0.4, -0.2) is 26.4 Å². The van der Waals surface area contributed by atoms with E-state index in [4.69, 9.17) is 4.74 Å². The average Bonchev–Trinajstić information content (AvgIpc) is 3.15. The summed E-state index contributed by atoms with van der Waals surface area (Å²) in [6.45, 7) is 10.1. The molecule has 168 valence electrons. The van der Waals surface area contributed by atoms with Gasteiger partial charge in [0.15, 0.2) is 17.1 Å². The summed E-state index contributed by atoms with van der Waals surface area (Å²) in [6, 6.07) is 8.83. The number of amides is 1.